The van der Waals surface area contributed by atoms with E-state index in [1.54, 1.807) is 0 Å². The van der Waals surface area contributed by atoms with Gasteiger partial charge in [0, 0.05) is 0 Å². The molecule has 2 unspecified atom stereocenters. The van der Waals surface area contributed by atoms with Crippen LogP contribution in [0.5, 0.6) is 0 Å². The third-order valence-electron chi connectivity index (χ3n) is 2.16. The van der Waals surface area contributed by atoms with Gasteiger partial charge in [-0.2, -0.15) is 0 Å². The molecule has 0 aromatic heterocycles. The molecule has 12 heavy (non-hydrogen) atoms. The normalized spacial score (nSPS) is 10.5. The van der Waals surface area contributed by atoms with Gasteiger partial charge in [0.25, 0.3) is 0 Å². The fourth-order valence-electron chi connectivity index (χ4n) is 1.35. The first-order chi connectivity index (χ1) is 5.91. The molecule has 0 nitrogen and oxygen atoms in total. The molecule has 0 aliphatic carbocycles. The molecule has 0 rings (SSSR count). The van der Waals surface area contributed by atoms with Gasteiger partial charge in [0.15, 0.2) is 0 Å². The second-order valence-electron chi connectivity index (χ2n) is 3.41. The van der Waals surface area contributed by atoms with Crippen LogP contribution < -0.4 is 0 Å². The van der Waals surface area contributed by atoms with Crippen molar-refractivity contribution in [3.63, 3.8) is 0 Å². The molecule has 0 spiro atoms. The van der Waals surface area contributed by atoms with E-state index < -0.39 is 0 Å². The summed E-state index contributed by atoms with van der Waals surface area (Å²) in [5, 5.41) is 2.87. The van der Waals surface area contributed by atoms with Crippen molar-refractivity contribution >= 4 is 33.7 Å². The molecule has 0 amide bonds. The fraction of sp³-hybridized carbons (Fsp3) is 1.00. The summed E-state index contributed by atoms with van der Waals surface area (Å²) in [7, 11) is 0. The van der Waals surface area contributed by atoms with Gasteiger partial charge in [-0.3, -0.25) is 0 Å². The van der Waals surface area contributed by atoms with E-state index >= 15 is 0 Å². The summed E-state index contributed by atoms with van der Waals surface area (Å²) in [5.41, 5.74) is 0. The van der Waals surface area contributed by atoms with Crippen molar-refractivity contribution in [2.75, 3.05) is 0 Å². The summed E-state index contributed by atoms with van der Waals surface area (Å²) in [4.78, 5) is 0. The van der Waals surface area contributed by atoms with E-state index in [1.165, 1.54) is 61.8 Å². The van der Waals surface area contributed by atoms with Gasteiger partial charge >= 0.3 is 95.5 Å². The molecule has 0 aromatic carbocycles. The van der Waals surface area contributed by atoms with Crippen LogP contribution >= 0.6 is 0 Å². The number of hydrogen-bond acceptors (Lipinski definition) is 0. The molecule has 0 saturated carbocycles. The summed E-state index contributed by atoms with van der Waals surface area (Å²) in [6.07, 6.45) is 11.9. The fourth-order valence-corrected chi connectivity index (χ4v) is 2.56. The van der Waals surface area contributed by atoms with Crippen molar-refractivity contribution in [2.24, 2.45) is 0 Å². The zero-order chi connectivity index (χ0) is 9.07. The molecule has 0 fully saturated rings. The van der Waals surface area contributed by atoms with Crippen LogP contribution in [-0.2, 0) is 0 Å². The molecule has 2 heteroatoms. The van der Waals surface area contributed by atoms with Gasteiger partial charge in [0.05, 0.1) is 0 Å². The van der Waals surface area contributed by atoms with Crippen LogP contribution in [0.4, 0.5) is 0 Å². The maximum atomic E-state index is 1.89. The van der Waals surface area contributed by atoms with Crippen LogP contribution in [0.2, 0.25) is 10.4 Å². The molecule has 0 radical (unpaired) electrons. The van der Waals surface area contributed by atoms with Crippen LogP contribution in [0.1, 0.15) is 51.4 Å². The first kappa shape index (κ1) is 13.1. The Bertz CT molecular complexity index is 64.2. The monoisotopic (exact) mass is 294 g/mol. The molecule has 74 valence electrons. The standard InChI is InChI=1S/C10H24As2/c11-9-7-5-3-1-2-4-6-8-10-12/h1-12H2. The van der Waals surface area contributed by atoms with E-state index in [4.69, 9.17) is 0 Å². The zero-order valence-corrected chi connectivity index (χ0v) is 13.1. The van der Waals surface area contributed by atoms with E-state index in [0.29, 0.717) is 0 Å². The Balaban J connectivity index is 2.73. The minimum atomic E-state index is 1.44. The predicted octanol–water partition coefficient (Wildman–Crippen LogP) is 2.21. The van der Waals surface area contributed by atoms with Crippen molar-refractivity contribution in [2.45, 2.75) is 61.8 Å². The van der Waals surface area contributed by atoms with E-state index in [-0.39, 0.29) is 0 Å². The van der Waals surface area contributed by atoms with Gasteiger partial charge < -0.3 is 0 Å². The number of hydrogen-bond donors (Lipinski definition) is 0. The summed E-state index contributed by atoms with van der Waals surface area (Å²) >= 11 is 3.78. The third kappa shape index (κ3) is 11.1. The average Bonchev–Trinajstić information content (AvgIpc) is 2.10. The molecular weight excluding hydrogens is 270 g/mol. The van der Waals surface area contributed by atoms with Crippen LogP contribution in [0.25, 0.3) is 0 Å². The van der Waals surface area contributed by atoms with Gasteiger partial charge in [0.1, 0.15) is 0 Å². The van der Waals surface area contributed by atoms with Gasteiger partial charge in [-0.05, 0) is 0 Å². The predicted molar refractivity (Wildman–Crippen MR) is 63.6 cm³/mol. The molecule has 0 aliphatic rings. The first-order valence-corrected chi connectivity index (χ1v) is 8.74. The second kappa shape index (κ2) is 12.1. The van der Waals surface area contributed by atoms with Crippen LogP contribution in [0.3, 0.4) is 0 Å². The van der Waals surface area contributed by atoms with Gasteiger partial charge in [-0.1, -0.05) is 0 Å². The van der Waals surface area contributed by atoms with Crippen molar-refractivity contribution in [3.8, 4) is 0 Å². The zero-order valence-electron chi connectivity index (χ0n) is 8.23. The Morgan fingerprint density at radius 1 is 0.417 bits per heavy atom. The molecule has 0 N–H and O–H groups in total. The third-order valence-corrected chi connectivity index (χ3v) is 3.87. The van der Waals surface area contributed by atoms with Gasteiger partial charge in [-0.25, -0.2) is 0 Å². The van der Waals surface area contributed by atoms with Crippen LogP contribution in [-0.4, -0.2) is 33.7 Å². The molecule has 0 aliphatic heterocycles. The SMILES string of the molecule is [AsH2]CCCCCCCCCC[AsH2]. The van der Waals surface area contributed by atoms with E-state index in [2.05, 4.69) is 0 Å². The van der Waals surface area contributed by atoms with Crippen molar-refractivity contribution in [1.82, 2.24) is 0 Å². The Kier molecular flexibility index (Phi) is 13.2. The Labute approximate surface area is 95.3 Å². The van der Waals surface area contributed by atoms with Gasteiger partial charge in [0.2, 0.25) is 0 Å². The Morgan fingerprint density at radius 2 is 0.667 bits per heavy atom. The van der Waals surface area contributed by atoms with Crippen molar-refractivity contribution in [1.29, 1.82) is 0 Å². The molecule has 2 atom stereocenters. The quantitative estimate of drug-likeness (QED) is 0.452. The Hall–Kier alpha value is 1.12. The molecule has 0 aromatic rings. The van der Waals surface area contributed by atoms with Crippen molar-refractivity contribution < 1.29 is 0 Å². The number of rotatable bonds is 9. The summed E-state index contributed by atoms with van der Waals surface area (Å²) in [6, 6.07) is 0. The summed E-state index contributed by atoms with van der Waals surface area (Å²) in [6.45, 7) is 0. The molecule has 0 bridgehead atoms. The Morgan fingerprint density at radius 3 is 0.917 bits per heavy atom. The summed E-state index contributed by atoms with van der Waals surface area (Å²) in [5.74, 6) is 0. The second-order valence-corrected chi connectivity index (χ2v) is 5.83. The molecular formula is C10H24As2. The van der Waals surface area contributed by atoms with E-state index in [1.807, 2.05) is 33.7 Å². The number of unbranched alkanes of at least 4 members (excludes halogenated alkanes) is 7. The average molecular weight is 294 g/mol. The molecule has 0 heterocycles. The van der Waals surface area contributed by atoms with E-state index in [9.17, 15) is 0 Å². The van der Waals surface area contributed by atoms with Crippen LogP contribution in [0, 0.1) is 0 Å². The first-order valence-electron chi connectivity index (χ1n) is 5.32. The summed E-state index contributed by atoms with van der Waals surface area (Å²) < 4.78 is 0. The topological polar surface area (TPSA) is 0 Å². The van der Waals surface area contributed by atoms with E-state index in [0.717, 1.165) is 0 Å². The van der Waals surface area contributed by atoms with Crippen LogP contribution in [0.15, 0.2) is 0 Å². The minimum absolute atomic E-state index is 1.44. The van der Waals surface area contributed by atoms with Crippen molar-refractivity contribution in [3.05, 3.63) is 0 Å². The molecule has 0 saturated heterocycles. The van der Waals surface area contributed by atoms with Gasteiger partial charge in [-0.15, -0.1) is 0 Å². The maximum absolute atomic E-state index is 1.89.